The van der Waals surface area contributed by atoms with Gasteiger partial charge in [0.15, 0.2) is 5.78 Å². The lowest BCUT2D eigenvalue weighted by Gasteiger charge is -2.56. The summed E-state index contributed by atoms with van der Waals surface area (Å²) in [5.41, 5.74) is 2.48. The Morgan fingerprint density at radius 3 is 2.64 bits per heavy atom. The van der Waals surface area contributed by atoms with Crippen molar-refractivity contribution in [2.75, 3.05) is 0 Å². The number of allylic oxidation sites excluding steroid dienone is 2. The number of Topliss-reactive ketones (excluding diaryl/α,β-unsaturated/α-hetero) is 1. The first-order valence-corrected chi connectivity index (χ1v) is 8.96. The quantitative estimate of drug-likeness (QED) is 0.541. The summed E-state index contributed by atoms with van der Waals surface area (Å²) in [5, 5.41) is 10.0. The number of ketones is 1. The van der Waals surface area contributed by atoms with E-state index in [9.17, 15) is 9.90 Å². The van der Waals surface area contributed by atoms with E-state index in [0.29, 0.717) is 23.5 Å². The SMILES string of the molecule is C=C1C[C@H]2[C@@H]3CC=C4C[C@@H](O)CC[C@]4(C)[C@H]3CC[C@]2(C)C1=O. The highest BCUT2D eigenvalue weighted by Gasteiger charge is 2.59. The molecule has 0 radical (unpaired) electrons. The molecule has 3 saturated carbocycles. The van der Waals surface area contributed by atoms with Crippen molar-refractivity contribution in [3.8, 4) is 0 Å². The Hall–Kier alpha value is -0.890. The third-order valence-corrected chi connectivity index (χ3v) is 7.77. The van der Waals surface area contributed by atoms with E-state index >= 15 is 0 Å². The minimum atomic E-state index is -0.145. The molecule has 0 aromatic heterocycles. The van der Waals surface area contributed by atoms with Gasteiger partial charge >= 0.3 is 0 Å². The molecule has 1 N–H and O–H groups in total. The summed E-state index contributed by atoms with van der Waals surface area (Å²) in [7, 11) is 0. The number of carbonyl (C=O) groups excluding carboxylic acids is 1. The van der Waals surface area contributed by atoms with E-state index in [2.05, 4.69) is 26.5 Å². The molecule has 4 aliphatic rings. The Bertz CT molecular complexity index is 574. The fourth-order valence-corrected chi connectivity index (χ4v) is 6.38. The second kappa shape index (κ2) is 4.56. The van der Waals surface area contributed by atoms with Crippen molar-refractivity contribution in [1.82, 2.24) is 0 Å². The average molecular weight is 300 g/mol. The van der Waals surface area contributed by atoms with Gasteiger partial charge in [-0.3, -0.25) is 4.79 Å². The van der Waals surface area contributed by atoms with Gasteiger partial charge < -0.3 is 5.11 Å². The molecule has 4 rings (SSSR count). The number of aliphatic hydroxyl groups excluding tert-OH is 1. The van der Waals surface area contributed by atoms with Crippen LogP contribution in [-0.2, 0) is 4.79 Å². The van der Waals surface area contributed by atoms with Gasteiger partial charge in [-0.2, -0.15) is 0 Å². The lowest BCUT2D eigenvalue weighted by Crippen LogP contribution is -2.50. The second-order valence-electron chi connectivity index (χ2n) is 8.75. The zero-order valence-electron chi connectivity index (χ0n) is 13.9. The highest BCUT2D eigenvalue weighted by Crippen LogP contribution is 2.64. The van der Waals surface area contributed by atoms with Crippen LogP contribution in [0.15, 0.2) is 23.8 Å². The topological polar surface area (TPSA) is 37.3 Å². The van der Waals surface area contributed by atoms with Crippen molar-refractivity contribution in [2.45, 2.75) is 64.9 Å². The Labute approximate surface area is 133 Å². The lowest BCUT2D eigenvalue weighted by atomic mass is 9.48. The van der Waals surface area contributed by atoms with Gasteiger partial charge in [-0.1, -0.05) is 32.1 Å². The van der Waals surface area contributed by atoms with Crippen LogP contribution >= 0.6 is 0 Å². The minimum absolute atomic E-state index is 0.141. The molecular weight excluding hydrogens is 272 g/mol. The molecule has 0 spiro atoms. The van der Waals surface area contributed by atoms with Crippen LogP contribution in [0.25, 0.3) is 0 Å². The maximum Gasteiger partial charge on any atom is 0.164 e. The predicted molar refractivity (Wildman–Crippen MR) is 87.2 cm³/mol. The van der Waals surface area contributed by atoms with Crippen LogP contribution in [0.4, 0.5) is 0 Å². The number of hydrogen-bond acceptors (Lipinski definition) is 2. The van der Waals surface area contributed by atoms with E-state index in [-0.39, 0.29) is 16.9 Å². The van der Waals surface area contributed by atoms with Crippen molar-refractivity contribution in [1.29, 1.82) is 0 Å². The molecule has 120 valence electrons. The van der Waals surface area contributed by atoms with Crippen molar-refractivity contribution in [2.24, 2.45) is 28.6 Å². The van der Waals surface area contributed by atoms with Gasteiger partial charge in [0.1, 0.15) is 0 Å². The average Bonchev–Trinajstić information content (AvgIpc) is 2.72. The van der Waals surface area contributed by atoms with Crippen molar-refractivity contribution >= 4 is 5.78 Å². The van der Waals surface area contributed by atoms with E-state index in [1.54, 1.807) is 0 Å². The van der Waals surface area contributed by atoms with Gasteiger partial charge in [0.25, 0.3) is 0 Å². The highest BCUT2D eigenvalue weighted by atomic mass is 16.3. The van der Waals surface area contributed by atoms with Crippen LogP contribution in [0.2, 0.25) is 0 Å². The molecule has 0 aromatic rings. The first kappa shape index (κ1) is 14.7. The van der Waals surface area contributed by atoms with Crippen LogP contribution in [-0.4, -0.2) is 17.0 Å². The van der Waals surface area contributed by atoms with Crippen LogP contribution in [0.5, 0.6) is 0 Å². The van der Waals surface area contributed by atoms with Gasteiger partial charge in [0.2, 0.25) is 0 Å². The molecule has 0 bridgehead atoms. The summed E-state index contributed by atoms with van der Waals surface area (Å²) in [6.07, 6.45) is 9.40. The molecule has 2 heteroatoms. The van der Waals surface area contributed by atoms with Crippen LogP contribution in [0.3, 0.4) is 0 Å². The molecule has 0 aliphatic heterocycles. The predicted octanol–water partition coefficient (Wildman–Crippen LogP) is 4.05. The van der Waals surface area contributed by atoms with E-state index in [1.165, 1.54) is 12.0 Å². The van der Waals surface area contributed by atoms with E-state index in [4.69, 9.17) is 0 Å². The second-order valence-corrected chi connectivity index (χ2v) is 8.75. The summed E-state index contributed by atoms with van der Waals surface area (Å²) in [4.78, 5) is 12.6. The first-order chi connectivity index (χ1) is 10.4. The molecule has 3 fully saturated rings. The molecule has 22 heavy (non-hydrogen) atoms. The Kier molecular flexibility index (Phi) is 3.05. The Morgan fingerprint density at radius 2 is 1.86 bits per heavy atom. The number of hydrogen-bond donors (Lipinski definition) is 1. The molecule has 0 saturated heterocycles. The molecule has 6 atom stereocenters. The van der Waals surface area contributed by atoms with E-state index in [1.807, 2.05) is 0 Å². The number of fused-ring (bicyclic) bond motifs is 5. The zero-order valence-corrected chi connectivity index (χ0v) is 13.9. The van der Waals surface area contributed by atoms with Gasteiger partial charge in [0, 0.05) is 5.41 Å². The van der Waals surface area contributed by atoms with Gasteiger partial charge in [-0.25, -0.2) is 0 Å². The first-order valence-electron chi connectivity index (χ1n) is 8.96. The van der Waals surface area contributed by atoms with Crippen molar-refractivity contribution < 1.29 is 9.90 Å². The molecule has 0 amide bonds. The van der Waals surface area contributed by atoms with Gasteiger partial charge in [-0.15, -0.1) is 0 Å². The maximum absolute atomic E-state index is 12.6. The fraction of sp³-hybridized carbons (Fsp3) is 0.750. The third kappa shape index (κ3) is 1.73. The maximum atomic E-state index is 12.6. The Balaban J connectivity index is 1.71. The molecule has 4 aliphatic carbocycles. The van der Waals surface area contributed by atoms with Crippen LogP contribution in [0.1, 0.15) is 58.8 Å². The van der Waals surface area contributed by atoms with Crippen molar-refractivity contribution in [3.05, 3.63) is 23.8 Å². The van der Waals surface area contributed by atoms with E-state index < -0.39 is 0 Å². The molecule has 0 heterocycles. The standard InChI is InChI=1S/C20H28O2/c1-12-10-17-15-5-4-13-11-14(21)6-8-19(13,2)16(15)7-9-20(17,3)18(12)22/h4,14-17,21H,1,5-11H2,2-3H3/t14-,15+,16-,17-,19-,20-/m0/s1. The monoisotopic (exact) mass is 300 g/mol. The molecule has 2 nitrogen and oxygen atoms in total. The zero-order chi connectivity index (χ0) is 15.7. The van der Waals surface area contributed by atoms with Gasteiger partial charge in [0.05, 0.1) is 6.10 Å². The molecule has 0 aromatic carbocycles. The van der Waals surface area contributed by atoms with Gasteiger partial charge in [-0.05, 0) is 73.7 Å². The van der Waals surface area contributed by atoms with Crippen LogP contribution < -0.4 is 0 Å². The summed E-state index contributed by atoms with van der Waals surface area (Å²) in [5.74, 6) is 2.16. The summed E-state index contributed by atoms with van der Waals surface area (Å²) < 4.78 is 0. The largest absolute Gasteiger partial charge is 0.393 e. The minimum Gasteiger partial charge on any atom is -0.393 e. The number of aliphatic hydroxyl groups is 1. The smallest absolute Gasteiger partial charge is 0.164 e. The Morgan fingerprint density at radius 1 is 1.14 bits per heavy atom. The summed E-state index contributed by atoms with van der Waals surface area (Å²) in [6, 6.07) is 0. The summed E-state index contributed by atoms with van der Waals surface area (Å²) in [6.45, 7) is 8.67. The fourth-order valence-electron chi connectivity index (χ4n) is 6.38. The number of rotatable bonds is 0. The molecule has 0 unspecified atom stereocenters. The summed E-state index contributed by atoms with van der Waals surface area (Å²) >= 11 is 0. The molecular formula is C20H28O2. The lowest BCUT2D eigenvalue weighted by molar-refractivity contribution is -0.130. The highest BCUT2D eigenvalue weighted by molar-refractivity contribution is 6.02. The van der Waals surface area contributed by atoms with Crippen molar-refractivity contribution in [3.63, 3.8) is 0 Å². The third-order valence-electron chi connectivity index (χ3n) is 7.77. The normalized spacial score (nSPS) is 51.0. The number of carbonyl (C=O) groups is 1. The van der Waals surface area contributed by atoms with Crippen LogP contribution in [0, 0.1) is 28.6 Å². The van der Waals surface area contributed by atoms with E-state index in [0.717, 1.165) is 44.1 Å².